The number of nitrogens with zero attached hydrogens (tertiary/aromatic N) is 2. The van der Waals surface area contributed by atoms with Gasteiger partial charge in [0.25, 0.3) is 5.91 Å². The Bertz CT molecular complexity index is 1050. The van der Waals surface area contributed by atoms with Crippen molar-refractivity contribution in [3.05, 3.63) is 76.9 Å². The summed E-state index contributed by atoms with van der Waals surface area (Å²) in [6.45, 7) is 0.487. The van der Waals surface area contributed by atoms with Crippen molar-refractivity contribution in [1.29, 1.82) is 0 Å². The average molecular weight is 390 g/mol. The van der Waals surface area contributed by atoms with E-state index >= 15 is 0 Å². The van der Waals surface area contributed by atoms with Crippen LogP contribution in [0.15, 0.2) is 65.7 Å². The molecule has 0 aliphatic carbocycles. The van der Waals surface area contributed by atoms with Crippen molar-refractivity contribution in [2.75, 3.05) is 11.6 Å². The fourth-order valence-electron chi connectivity index (χ4n) is 2.41. The smallest absolute Gasteiger partial charge is 0.258 e. The van der Waals surface area contributed by atoms with Crippen LogP contribution in [0.3, 0.4) is 0 Å². The predicted molar refractivity (Wildman–Crippen MR) is 100 cm³/mol. The van der Waals surface area contributed by atoms with Crippen molar-refractivity contribution < 1.29 is 13.2 Å². The molecular weight excluding hydrogens is 374 g/mol. The van der Waals surface area contributed by atoms with Crippen molar-refractivity contribution >= 4 is 33.2 Å². The third-order valence-corrected chi connectivity index (χ3v) is 5.18. The van der Waals surface area contributed by atoms with Crippen LogP contribution in [0.5, 0.6) is 0 Å². The van der Waals surface area contributed by atoms with Gasteiger partial charge >= 0.3 is 0 Å². The summed E-state index contributed by atoms with van der Waals surface area (Å²) in [5.41, 5.74) is 1.12. The molecule has 134 valence electrons. The van der Waals surface area contributed by atoms with Crippen LogP contribution in [-0.2, 0) is 16.4 Å². The summed E-state index contributed by atoms with van der Waals surface area (Å²) in [6, 6.07) is 15.4. The first-order valence-corrected chi connectivity index (χ1v) is 9.98. The number of benzene rings is 2. The maximum Gasteiger partial charge on any atom is 0.258 e. The van der Waals surface area contributed by atoms with E-state index in [9.17, 15) is 13.2 Å². The van der Waals surface area contributed by atoms with Gasteiger partial charge in [0, 0.05) is 12.3 Å². The normalized spacial score (nSPS) is 11.3. The molecule has 0 saturated heterocycles. The first-order valence-electron chi connectivity index (χ1n) is 7.71. The molecule has 1 N–H and O–H groups in total. The number of carbonyl (C=O) groups is 1. The van der Waals surface area contributed by atoms with Crippen LogP contribution in [0.1, 0.15) is 15.9 Å². The molecule has 0 bridgehead atoms. The number of rotatable bonds is 5. The number of sulfone groups is 1. The van der Waals surface area contributed by atoms with Gasteiger partial charge in [0.15, 0.2) is 9.84 Å². The van der Waals surface area contributed by atoms with E-state index in [1.165, 1.54) is 18.2 Å². The summed E-state index contributed by atoms with van der Waals surface area (Å²) in [4.78, 5) is 12.6. The largest absolute Gasteiger partial charge is 0.307 e. The van der Waals surface area contributed by atoms with Crippen LogP contribution in [0, 0.1) is 0 Å². The zero-order valence-electron chi connectivity index (χ0n) is 13.9. The molecule has 26 heavy (non-hydrogen) atoms. The maximum absolute atomic E-state index is 12.6. The number of aromatic nitrogens is 2. The molecule has 0 radical (unpaired) electrons. The minimum Gasteiger partial charge on any atom is -0.307 e. The van der Waals surface area contributed by atoms with Crippen molar-refractivity contribution in [2.24, 2.45) is 0 Å². The van der Waals surface area contributed by atoms with Gasteiger partial charge in [0.05, 0.1) is 28.2 Å². The van der Waals surface area contributed by atoms with E-state index in [1.807, 2.05) is 30.3 Å². The number of nitrogens with one attached hydrogen (secondary N) is 1. The second-order valence-electron chi connectivity index (χ2n) is 5.73. The van der Waals surface area contributed by atoms with Gasteiger partial charge in [-0.1, -0.05) is 41.9 Å². The lowest BCUT2D eigenvalue weighted by atomic mass is 10.2. The molecule has 0 saturated carbocycles. The molecule has 0 aliphatic heterocycles. The van der Waals surface area contributed by atoms with Crippen molar-refractivity contribution in [2.45, 2.75) is 11.4 Å². The van der Waals surface area contributed by atoms with Crippen molar-refractivity contribution in [3.63, 3.8) is 0 Å². The number of anilines is 1. The summed E-state index contributed by atoms with van der Waals surface area (Å²) < 4.78 is 25.0. The second-order valence-corrected chi connectivity index (χ2v) is 8.15. The molecule has 0 spiro atoms. The van der Waals surface area contributed by atoms with Gasteiger partial charge in [-0.05, 0) is 23.8 Å². The zero-order valence-corrected chi connectivity index (χ0v) is 15.5. The second kappa shape index (κ2) is 7.31. The van der Waals surface area contributed by atoms with Crippen molar-refractivity contribution in [3.8, 4) is 0 Å². The Balaban J connectivity index is 1.85. The average Bonchev–Trinajstić information content (AvgIpc) is 3.02. The van der Waals surface area contributed by atoms with Gasteiger partial charge in [-0.15, -0.1) is 0 Å². The van der Waals surface area contributed by atoms with E-state index in [2.05, 4.69) is 10.4 Å². The Labute approximate surface area is 156 Å². The summed E-state index contributed by atoms with van der Waals surface area (Å²) in [5, 5.41) is 7.11. The summed E-state index contributed by atoms with van der Waals surface area (Å²) >= 11 is 6.07. The van der Waals surface area contributed by atoms with Gasteiger partial charge in [0.2, 0.25) is 0 Å². The molecule has 0 unspecified atom stereocenters. The van der Waals surface area contributed by atoms with E-state index in [4.69, 9.17) is 11.6 Å². The third kappa shape index (κ3) is 4.12. The van der Waals surface area contributed by atoms with E-state index in [1.54, 1.807) is 16.9 Å². The Morgan fingerprint density at radius 1 is 1.15 bits per heavy atom. The Morgan fingerprint density at radius 3 is 2.58 bits per heavy atom. The van der Waals surface area contributed by atoms with E-state index in [0.717, 1.165) is 11.8 Å². The number of hydrogen-bond donors (Lipinski definition) is 1. The molecule has 0 atom stereocenters. The van der Waals surface area contributed by atoms with Gasteiger partial charge in [-0.2, -0.15) is 5.10 Å². The molecule has 2 aromatic carbocycles. The summed E-state index contributed by atoms with van der Waals surface area (Å²) in [7, 11) is -3.44. The van der Waals surface area contributed by atoms with E-state index in [0.29, 0.717) is 12.4 Å². The molecule has 3 aromatic rings. The van der Waals surface area contributed by atoms with Gasteiger partial charge in [0.1, 0.15) is 5.82 Å². The van der Waals surface area contributed by atoms with Crippen LogP contribution in [0.25, 0.3) is 0 Å². The van der Waals surface area contributed by atoms with Gasteiger partial charge in [-0.25, -0.2) is 13.1 Å². The van der Waals surface area contributed by atoms with Crippen molar-refractivity contribution in [1.82, 2.24) is 9.78 Å². The Morgan fingerprint density at radius 2 is 1.88 bits per heavy atom. The van der Waals surface area contributed by atoms with Crippen LogP contribution < -0.4 is 5.32 Å². The summed E-state index contributed by atoms with van der Waals surface area (Å²) in [5.74, 6) is -0.0185. The standard InChI is InChI=1S/C18H16ClN3O3S/c1-26(24,25)14-7-8-16(19)15(11-14)18(23)21-17-9-10-20-22(17)12-13-5-3-2-4-6-13/h2-11H,12H2,1H3,(H,21,23). The highest BCUT2D eigenvalue weighted by atomic mass is 35.5. The van der Waals surface area contributed by atoms with Crippen LogP contribution in [-0.4, -0.2) is 30.4 Å². The molecule has 6 nitrogen and oxygen atoms in total. The molecule has 0 aliphatic rings. The molecule has 1 aromatic heterocycles. The minimum atomic E-state index is -3.44. The molecule has 3 rings (SSSR count). The predicted octanol–water partition coefficient (Wildman–Crippen LogP) is 3.24. The fraction of sp³-hybridized carbons (Fsp3) is 0.111. The quantitative estimate of drug-likeness (QED) is 0.726. The first-order chi connectivity index (χ1) is 12.3. The maximum atomic E-state index is 12.6. The van der Waals surface area contributed by atoms with Crippen LogP contribution in [0.4, 0.5) is 5.82 Å². The lowest BCUT2D eigenvalue weighted by molar-refractivity contribution is 0.102. The monoisotopic (exact) mass is 389 g/mol. The highest BCUT2D eigenvalue weighted by Gasteiger charge is 2.17. The molecule has 8 heteroatoms. The molecular formula is C18H16ClN3O3S. The van der Waals surface area contributed by atoms with Gasteiger partial charge in [-0.3, -0.25) is 4.79 Å². The van der Waals surface area contributed by atoms with Crippen LogP contribution in [0.2, 0.25) is 5.02 Å². The summed E-state index contributed by atoms with van der Waals surface area (Å²) in [6.07, 6.45) is 2.65. The van der Waals surface area contributed by atoms with Gasteiger partial charge < -0.3 is 5.32 Å². The zero-order chi connectivity index (χ0) is 18.7. The number of halogens is 1. The number of hydrogen-bond acceptors (Lipinski definition) is 4. The number of amides is 1. The number of carbonyl (C=O) groups excluding carboxylic acids is 1. The molecule has 1 amide bonds. The highest BCUT2D eigenvalue weighted by Crippen LogP contribution is 2.22. The molecule has 0 fully saturated rings. The highest BCUT2D eigenvalue weighted by molar-refractivity contribution is 7.90. The van der Waals surface area contributed by atoms with E-state index in [-0.39, 0.29) is 15.5 Å². The van der Waals surface area contributed by atoms with E-state index < -0.39 is 15.7 Å². The topological polar surface area (TPSA) is 81.1 Å². The minimum absolute atomic E-state index is 0.0323. The third-order valence-electron chi connectivity index (χ3n) is 3.74. The lowest BCUT2D eigenvalue weighted by Crippen LogP contribution is -2.17. The molecule has 1 heterocycles. The lowest BCUT2D eigenvalue weighted by Gasteiger charge is -2.11. The van der Waals surface area contributed by atoms with Crippen LogP contribution >= 0.6 is 11.6 Å². The fourth-order valence-corrected chi connectivity index (χ4v) is 3.26. The first kappa shape index (κ1) is 18.2. The Hall–Kier alpha value is -2.64. The Kier molecular flexibility index (Phi) is 5.11. The SMILES string of the molecule is CS(=O)(=O)c1ccc(Cl)c(C(=O)Nc2ccnn2Cc2ccccc2)c1.